The molecule has 0 radical (unpaired) electrons. The Bertz CT molecular complexity index is 449. The zero-order valence-electron chi connectivity index (χ0n) is 14.0. The van der Waals surface area contributed by atoms with Crippen LogP contribution >= 0.6 is 11.6 Å². The van der Waals surface area contributed by atoms with Crippen molar-refractivity contribution in [1.82, 2.24) is 5.32 Å². The van der Waals surface area contributed by atoms with Crippen LogP contribution in [-0.4, -0.2) is 20.8 Å². The molecule has 0 aromatic heterocycles. The number of halogens is 1. The quantitative estimate of drug-likeness (QED) is 0.755. The van der Waals surface area contributed by atoms with E-state index in [9.17, 15) is 0 Å². The third kappa shape index (κ3) is 4.27. The monoisotopic (exact) mass is 313 g/mol. The predicted molar refractivity (Wildman–Crippen MR) is 89.6 cm³/mol. The molecule has 1 N–H and O–H groups in total. The van der Waals surface area contributed by atoms with Gasteiger partial charge in [0.1, 0.15) is 16.5 Å². The van der Waals surface area contributed by atoms with Crippen LogP contribution in [0.2, 0.25) is 5.02 Å². The van der Waals surface area contributed by atoms with E-state index in [1.165, 1.54) is 0 Å². The largest absolute Gasteiger partial charge is 0.495 e. The second kappa shape index (κ2) is 8.50. The molecule has 0 aliphatic rings. The van der Waals surface area contributed by atoms with E-state index >= 15 is 0 Å². The third-order valence-electron chi connectivity index (χ3n) is 4.04. The van der Waals surface area contributed by atoms with Crippen LogP contribution in [-0.2, 0) is 0 Å². The SMILES string of the molecule is CCCNC(c1ccc(OC)c(Cl)c1OC)C(C)C(C)C. The lowest BCUT2D eigenvalue weighted by atomic mass is 9.85. The van der Waals surface area contributed by atoms with Crippen molar-refractivity contribution in [2.24, 2.45) is 11.8 Å². The van der Waals surface area contributed by atoms with Crippen molar-refractivity contribution in [3.8, 4) is 11.5 Å². The molecule has 2 unspecified atom stereocenters. The summed E-state index contributed by atoms with van der Waals surface area (Å²) in [6.07, 6.45) is 1.09. The minimum atomic E-state index is 0.211. The first-order chi connectivity index (χ1) is 9.97. The second-order valence-electron chi connectivity index (χ2n) is 5.74. The van der Waals surface area contributed by atoms with Crippen molar-refractivity contribution in [2.75, 3.05) is 20.8 Å². The molecule has 1 aromatic carbocycles. The lowest BCUT2D eigenvalue weighted by Crippen LogP contribution is -2.30. The number of methoxy groups -OCH3 is 2. The van der Waals surface area contributed by atoms with Crippen LogP contribution in [0, 0.1) is 11.8 Å². The van der Waals surface area contributed by atoms with Gasteiger partial charge in [0.05, 0.1) is 14.2 Å². The van der Waals surface area contributed by atoms with E-state index in [2.05, 4.69) is 39.1 Å². The maximum absolute atomic E-state index is 6.40. The molecule has 4 heteroatoms. The summed E-state index contributed by atoms with van der Waals surface area (Å²) in [5, 5.41) is 4.17. The molecule has 1 aromatic rings. The molecule has 0 aliphatic heterocycles. The topological polar surface area (TPSA) is 30.5 Å². The maximum Gasteiger partial charge on any atom is 0.146 e. The zero-order chi connectivity index (χ0) is 16.0. The van der Waals surface area contributed by atoms with E-state index in [1.54, 1.807) is 14.2 Å². The summed E-state index contributed by atoms with van der Waals surface area (Å²) in [6.45, 7) is 9.87. The molecule has 2 atom stereocenters. The highest BCUT2D eigenvalue weighted by Gasteiger charge is 2.26. The molecule has 120 valence electrons. The summed E-state index contributed by atoms with van der Waals surface area (Å²) in [7, 11) is 3.27. The summed E-state index contributed by atoms with van der Waals surface area (Å²) < 4.78 is 10.8. The van der Waals surface area contributed by atoms with Crippen molar-refractivity contribution in [2.45, 2.75) is 40.2 Å². The zero-order valence-corrected chi connectivity index (χ0v) is 14.8. The summed E-state index contributed by atoms with van der Waals surface area (Å²) in [5.74, 6) is 2.38. The van der Waals surface area contributed by atoms with Crippen LogP contribution in [0.3, 0.4) is 0 Å². The number of hydrogen-bond acceptors (Lipinski definition) is 3. The van der Waals surface area contributed by atoms with Crippen molar-refractivity contribution in [3.05, 3.63) is 22.7 Å². The average Bonchev–Trinajstić information content (AvgIpc) is 2.47. The summed E-state index contributed by atoms with van der Waals surface area (Å²) in [6, 6.07) is 4.17. The van der Waals surface area contributed by atoms with Gasteiger partial charge in [0.25, 0.3) is 0 Å². The summed E-state index contributed by atoms with van der Waals surface area (Å²) >= 11 is 6.40. The van der Waals surface area contributed by atoms with Crippen LogP contribution in [0.15, 0.2) is 12.1 Å². The fraction of sp³-hybridized carbons (Fsp3) is 0.647. The van der Waals surface area contributed by atoms with E-state index in [0.29, 0.717) is 28.4 Å². The van der Waals surface area contributed by atoms with Crippen molar-refractivity contribution < 1.29 is 9.47 Å². The molecule has 1 rings (SSSR count). The Balaban J connectivity index is 3.26. The first kappa shape index (κ1) is 18.1. The predicted octanol–water partition coefficient (Wildman–Crippen LogP) is 4.69. The molecule has 0 aliphatic carbocycles. The number of ether oxygens (including phenoxy) is 2. The fourth-order valence-electron chi connectivity index (χ4n) is 2.43. The molecular formula is C17H28ClNO2. The number of hydrogen-bond donors (Lipinski definition) is 1. The highest BCUT2D eigenvalue weighted by molar-refractivity contribution is 6.33. The van der Waals surface area contributed by atoms with E-state index in [-0.39, 0.29) is 6.04 Å². The Morgan fingerprint density at radius 1 is 1.14 bits per heavy atom. The van der Waals surface area contributed by atoms with Gasteiger partial charge < -0.3 is 14.8 Å². The van der Waals surface area contributed by atoms with E-state index in [1.807, 2.05) is 6.07 Å². The lowest BCUT2D eigenvalue weighted by molar-refractivity contribution is 0.293. The van der Waals surface area contributed by atoms with E-state index in [4.69, 9.17) is 21.1 Å². The first-order valence-electron chi connectivity index (χ1n) is 7.61. The summed E-state index contributed by atoms with van der Waals surface area (Å²) in [5.41, 5.74) is 1.10. The number of nitrogens with one attached hydrogen (secondary N) is 1. The smallest absolute Gasteiger partial charge is 0.146 e. The Morgan fingerprint density at radius 2 is 1.81 bits per heavy atom. The Labute approximate surface area is 134 Å². The van der Waals surface area contributed by atoms with Crippen molar-refractivity contribution >= 4 is 11.6 Å². The molecule has 0 amide bonds. The first-order valence-corrected chi connectivity index (χ1v) is 7.99. The lowest BCUT2D eigenvalue weighted by Gasteiger charge is -2.30. The van der Waals surface area contributed by atoms with Crippen molar-refractivity contribution in [3.63, 3.8) is 0 Å². The molecule has 0 heterocycles. The summed E-state index contributed by atoms with van der Waals surface area (Å²) in [4.78, 5) is 0. The maximum atomic E-state index is 6.40. The standard InChI is InChI=1S/C17H28ClNO2/c1-7-10-19-16(12(4)11(2)3)13-8-9-14(20-5)15(18)17(13)21-6/h8-9,11-12,16,19H,7,10H2,1-6H3. The second-order valence-corrected chi connectivity index (χ2v) is 6.12. The fourth-order valence-corrected chi connectivity index (χ4v) is 2.75. The molecular weight excluding hydrogens is 286 g/mol. The molecule has 0 spiro atoms. The molecule has 3 nitrogen and oxygen atoms in total. The molecule has 0 bridgehead atoms. The van der Waals surface area contributed by atoms with E-state index in [0.717, 1.165) is 18.5 Å². The van der Waals surface area contributed by atoms with E-state index < -0.39 is 0 Å². The molecule has 0 fully saturated rings. The highest BCUT2D eigenvalue weighted by atomic mass is 35.5. The Hall–Kier alpha value is -0.930. The normalized spacial score (nSPS) is 14.1. The molecule has 0 saturated carbocycles. The molecule has 21 heavy (non-hydrogen) atoms. The van der Waals surface area contributed by atoms with Gasteiger partial charge >= 0.3 is 0 Å². The number of rotatable bonds is 8. The third-order valence-corrected chi connectivity index (χ3v) is 4.40. The van der Waals surface area contributed by atoms with Crippen LogP contribution in [0.4, 0.5) is 0 Å². The van der Waals surface area contributed by atoms with Gasteiger partial charge in [-0.2, -0.15) is 0 Å². The van der Waals surface area contributed by atoms with Gasteiger partial charge in [0.2, 0.25) is 0 Å². The van der Waals surface area contributed by atoms with Crippen molar-refractivity contribution in [1.29, 1.82) is 0 Å². The van der Waals surface area contributed by atoms with Crippen LogP contribution in [0.1, 0.15) is 45.7 Å². The molecule has 0 saturated heterocycles. The van der Waals surface area contributed by atoms with Crippen LogP contribution in [0.5, 0.6) is 11.5 Å². The average molecular weight is 314 g/mol. The van der Waals surface area contributed by atoms with Gasteiger partial charge in [0.15, 0.2) is 0 Å². The van der Waals surface area contributed by atoms with Crippen LogP contribution < -0.4 is 14.8 Å². The van der Waals surface area contributed by atoms with Gasteiger partial charge in [-0.15, -0.1) is 0 Å². The Morgan fingerprint density at radius 3 is 2.29 bits per heavy atom. The minimum Gasteiger partial charge on any atom is -0.495 e. The van der Waals surface area contributed by atoms with Gasteiger partial charge in [-0.3, -0.25) is 0 Å². The Kier molecular flexibility index (Phi) is 7.33. The van der Waals surface area contributed by atoms with Gasteiger partial charge in [-0.1, -0.05) is 39.3 Å². The van der Waals surface area contributed by atoms with Crippen LogP contribution in [0.25, 0.3) is 0 Å². The number of benzene rings is 1. The van der Waals surface area contributed by atoms with Gasteiger partial charge in [0, 0.05) is 11.6 Å². The van der Waals surface area contributed by atoms with Gasteiger partial charge in [-0.25, -0.2) is 0 Å². The van der Waals surface area contributed by atoms with Gasteiger partial charge in [-0.05, 0) is 36.9 Å². The highest BCUT2D eigenvalue weighted by Crippen LogP contribution is 2.42. The minimum absolute atomic E-state index is 0.211.